The number of amides is 3. The number of ether oxygens (including phenoxy) is 2. The zero-order valence-corrected chi connectivity index (χ0v) is 35.4. The van der Waals surface area contributed by atoms with Crippen molar-refractivity contribution >= 4 is 53.8 Å². The van der Waals surface area contributed by atoms with Gasteiger partial charge in [-0.05, 0) is 75.5 Å². The number of hydrogen-bond donors (Lipinski definition) is 2. The monoisotopic (exact) mass is 875 g/mol. The average Bonchev–Trinajstić information content (AvgIpc) is 4.14. The maximum absolute atomic E-state index is 14.3. The molecule has 2 radical (unpaired) electrons. The summed E-state index contributed by atoms with van der Waals surface area (Å²) in [4.78, 5) is 60.5. The highest BCUT2D eigenvalue weighted by atomic mass is 19.3. The van der Waals surface area contributed by atoms with Crippen LogP contribution in [0.25, 0.3) is 16.7 Å². The molecule has 2 N–H and O–H groups in total. The molecule has 8 heterocycles. The summed E-state index contributed by atoms with van der Waals surface area (Å²) >= 11 is 0. The first-order valence-electron chi connectivity index (χ1n) is 22.0. The highest BCUT2D eigenvalue weighted by Gasteiger charge is 2.40. The first-order chi connectivity index (χ1) is 30.9. The molecule has 1 aromatic carbocycles. The largest absolute Gasteiger partial charge is 0.374 e. The van der Waals surface area contributed by atoms with Crippen LogP contribution in [-0.4, -0.2) is 121 Å². The maximum atomic E-state index is 14.3. The Morgan fingerprint density at radius 3 is 2.66 bits per heavy atom. The summed E-state index contributed by atoms with van der Waals surface area (Å²) in [6.07, 6.45) is 7.92. The molecular formula is C44H48BF2N11O6. The van der Waals surface area contributed by atoms with Crippen LogP contribution in [0.5, 0.6) is 0 Å². The van der Waals surface area contributed by atoms with Crippen LogP contribution < -0.4 is 21.2 Å². The SMILES string of the molecule is [B]C1(OCC#Cc2cccc3c2n(C)c(=O)n3C2CCC(=O)NC2=O)CCN(CC2CCC(n3cc(NC(=O)c4cnn5ccc(N6C[C@H]7C[C@@H]6CO7)nc45)c(C(F)F)n3)CC2)CC1. The maximum Gasteiger partial charge on any atom is 0.329 e. The zero-order valence-electron chi connectivity index (χ0n) is 35.4. The third kappa shape index (κ3) is 7.98. The molecule has 332 valence electrons. The molecule has 2 bridgehead atoms. The number of carbonyl (C=O) groups excluding carboxylic acids is 3. The number of hydrogen-bond acceptors (Lipinski definition) is 11. The molecule has 4 aliphatic heterocycles. The van der Waals surface area contributed by atoms with E-state index in [9.17, 15) is 28.0 Å². The lowest BCUT2D eigenvalue weighted by atomic mass is 9.73. The van der Waals surface area contributed by atoms with Crippen molar-refractivity contribution in [3.63, 3.8) is 0 Å². The van der Waals surface area contributed by atoms with E-state index in [4.69, 9.17) is 22.3 Å². The number of aromatic nitrogens is 7. The van der Waals surface area contributed by atoms with Gasteiger partial charge in [0.25, 0.3) is 12.3 Å². The van der Waals surface area contributed by atoms with Crippen molar-refractivity contribution < 1.29 is 32.6 Å². The van der Waals surface area contributed by atoms with E-state index in [0.717, 1.165) is 64.1 Å². The lowest BCUT2D eigenvalue weighted by molar-refractivity contribution is -0.135. The average molecular weight is 876 g/mol. The van der Waals surface area contributed by atoms with Crippen LogP contribution in [0.3, 0.4) is 0 Å². The number of rotatable bonds is 10. The normalized spacial score (nSPS) is 24.7. The summed E-state index contributed by atoms with van der Waals surface area (Å²) in [5.41, 5.74) is 0.619. The van der Waals surface area contributed by atoms with Crippen molar-refractivity contribution in [2.24, 2.45) is 13.0 Å². The van der Waals surface area contributed by atoms with E-state index in [-0.39, 0.29) is 60.5 Å². The molecular weight excluding hydrogens is 827 g/mol. The molecule has 4 aromatic heterocycles. The Labute approximate surface area is 367 Å². The van der Waals surface area contributed by atoms with Crippen LogP contribution in [0.1, 0.15) is 97.9 Å². The minimum Gasteiger partial charge on any atom is -0.374 e. The highest BCUT2D eigenvalue weighted by molar-refractivity contribution is 6.14. The van der Waals surface area contributed by atoms with Gasteiger partial charge in [-0.1, -0.05) is 17.9 Å². The van der Waals surface area contributed by atoms with Crippen molar-refractivity contribution in [1.82, 2.24) is 43.7 Å². The minimum absolute atomic E-state index is 0.0237. The fraction of sp³-hybridized carbons (Fsp3) is 0.523. The molecule has 5 aliphatic rings. The Kier molecular flexibility index (Phi) is 11.1. The molecule has 10 rings (SSSR count). The van der Waals surface area contributed by atoms with Crippen LogP contribution in [-0.2, 0) is 26.1 Å². The van der Waals surface area contributed by atoms with Gasteiger partial charge in [0, 0.05) is 57.5 Å². The Hall–Kier alpha value is -5.91. The van der Waals surface area contributed by atoms with Gasteiger partial charge in [-0.3, -0.25) is 33.5 Å². The number of morpholine rings is 1. The Balaban J connectivity index is 0.711. The predicted octanol–water partition coefficient (Wildman–Crippen LogP) is 3.48. The fourth-order valence-corrected chi connectivity index (χ4v) is 10.2. The van der Waals surface area contributed by atoms with Gasteiger partial charge >= 0.3 is 5.69 Å². The Morgan fingerprint density at radius 2 is 1.92 bits per heavy atom. The van der Waals surface area contributed by atoms with Crippen LogP contribution >= 0.6 is 0 Å². The van der Waals surface area contributed by atoms with Crippen LogP contribution in [0, 0.1) is 17.8 Å². The number of benzene rings is 1. The van der Waals surface area contributed by atoms with Gasteiger partial charge in [-0.25, -0.2) is 23.1 Å². The predicted molar refractivity (Wildman–Crippen MR) is 230 cm³/mol. The number of anilines is 2. The van der Waals surface area contributed by atoms with Gasteiger partial charge in [-0.2, -0.15) is 10.2 Å². The van der Waals surface area contributed by atoms with Gasteiger partial charge in [0.2, 0.25) is 11.8 Å². The topological polar surface area (TPSA) is 175 Å². The van der Waals surface area contributed by atoms with E-state index in [1.165, 1.54) is 26.0 Å². The first kappa shape index (κ1) is 42.1. The van der Waals surface area contributed by atoms with E-state index in [2.05, 4.69) is 42.5 Å². The minimum atomic E-state index is -2.88. The van der Waals surface area contributed by atoms with Gasteiger partial charge in [0.1, 0.15) is 31.9 Å². The lowest BCUT2D eigenvalue weighted by Crippen LogP contribution is -2.48. The van der Waals surface area contributed by atoms with Crippen molar-refractivity contribution in [2.75, 3.05) is 49.6 Å². The Bertz CT molecular complexity index is 2760. The Morgan fingerprint density at radius 1 is 1.11 bits per heavy atom. The molecule has 17 nitrogen and oxygen atoms in total. The van der Waals surface area contributed by atoms with Crippen molar-refractivity contribution in [1.29, 1.82) is 0 Å². The second-order valence-corrected chi connectivity index (χ2v) is 17.8. The van der Waals surface area contributed by atoms with Crippen molar-refractivity contribution in [3.8, 4) is 11.8 Å². The van der Waals surface area contributed by atoms with Gasteiger partial charge in [-0.15, -0.1) is 0 Å². The molecule has 4 saturated heterocycles. The number of likely N-dealkylation sites (tertiary alicyclic amines) is 1. The summed E-state index contributed by atoms with van der Waals surface area (Å²) in [5.74, 6) is 5.92. The lowest BCUT2D eigenvalue weighted by Gasteiger charge is -2.41. The van der Waals surface area contributed by atoms with E-state index in [0.29, 0.717) is 47.6 Å². The molecule has 20 heteroatoms. The number of para-hydroxylation sites is 1. The number of piperidine rings is 2. The third-order valence-electron chi connectivity index (χ3n) is 13.7. The number of nitrogens with one attached hydrogen (secondary N) is 2. The summed E-state index contributed by atoms with van der Waals surface area (Å²) < 4.78 is 46.5. The second-order valence-electron chi connectivity index (χ2n) is 17.8. The molecule has 1 saturated carbocycles. The smallest absolute Gasteiger partial charge is 0.329 e. The third-order valence-corrected chi connectivity index (χ3v) is 13.7. The quantitative estimate of drug-likeness (QED) is 0.120. The summed E-state index contributed by atoms with van der Waals surface area (Å²) in [7, 11) is 8.33. The second kappa shape index (κ2) is 16.9. The van der Waals surface area contributed by atoms with E-state index < -0.39 is 35.5 Å². The summed E-state index contributed by atoms with van der Waals surface area (Å²) in [5, 5.41) is 13.6. The zero-order chi connectivity index (χ0) is 44.3. The van der Waals surface area contributed by atoms with E-state index in [1.807, 2.05) is 12.1 Å². The standard InChI is InChI=1S/C44H48BF2N11O6/c1-53-38-27(4-2-6-33(38)58(43(53)62)34-11-12-36(59)51-42(34)61)5-3-19-64-44(45)14-17-54(18-15-44)22-26-7-9-28(10-8-26)57-24-32(37(52-57)39(46)47)49-41(60)31-21-48-56-16-13-35(50-40(31)56)55-23-30-20-29(55)25-63-30/h2,4,6,13,16,21,24,26,28-30,34,39H,7-12,14-15,17-20,22-23,25H2,1H3,(H,49,60)(H,51,59,61)/t26?,28?,29-,30-,34?/m1/s1. The van der Waals surface area contributed by atoms with E-state index in [1.54, 1.807) is 30.1 Å². The van der Waals surface area contributed by atoms with Crippen LogP contribution in [0.15, 0.2) is 47.7 Å². The number of halogens is 2. The molecule has 3 atom stereocenters. The molecule has 64 heavy (non-hydrogen) atoms. The number of nitrogens with zero attached hydrogens (tertiary/aromatic N) is 9. The molecule has 1 unspecified atom stereocenters. The number of fused-ring (bicyclic) bond motifs is 4. The van der Waals surface area contributed by atoms with E-state index >= 15 is 0 Å². The molecule has 3 amide bonds. The molecule has 1 aliphatic carbocycles. The summed E-state index contributed by atoms with van der Waals surface area (Å²) in [6, 6.07) is 6.60. The number of carbonyl (C=O) groups is 3. The number of imidazole rings is 1. The van der Waals surface area contributed by atoms with Crippen LogP contribution in [0.2, 0.25) is 0 Å². The highest BCUT2D eigenvalue weighted by Crippen LogP contribution is 2.37. The first-order valence-corrected chi connectivity index (χ1v) is 22.0. The molecule has 0 spiro atoms. The fourth-order valence-electron chi connectivity index (χ4n) is 10.2. The number of imide groups is 1. The van der Waals surface area contributed by atoms with Gasteiger partial charge < -0.3 is 24.6 Å². The van der Waals surface area contributed by atoms with Crippen molar-refractivity contribution in [3.05, 3.63) is 70.2 Å². The summed E-state index contributed by atoms with van der Waals surface area (Å²) in [6.45, 7) is 3.88. The van der Waals surface area contributed by atoms with Gasteiger partial charge in [0.05, 0.1) is 53.3 Å². The van der Waals surface area contributed by atoms with Crippen molar-refractivity contribution in [2.45, 2.75) is 93.9 Å². The molecule has 5 fully saturated rings. The number of aryl methyl sites for hydroxylation is 1. The van der Waals surface area contributed by atoms with Gasteiger partial charge in [0.15, 0.2) is 11.3 Å². The number of alkyl halides is 2. The molecule has 5 aromatic rings. The van der Waals surface area contributed by atoms with Crippen LogP contribution in [0.4, 0.5) is 20.3 Å².